The summed E-state index contributed by atoms with van der Waals surface area (Å²) >= 11 is 0. The molecule has 0 atom stereocenters. The Hall–Kier alpha value is -2.40. The van der Waals surface area contributed by atoms with E-state index in [0.29, 0.717) is 6.54 Å². The maximum atomic E-state index is 5.65. The number of nitrogens with two attached hydrogens (primary N) is 1. The Labute approximate surface area is 111 Å². The number of rotatable bonds is 3. The van der Waals surface area contributed by atoms with Crippen LogP contribution in [0, 0.1) is 0 Å². The van der Waals surface area contributed by atoms with Crippen LogP contribution in [0.5, 0.6) is 0 Å². The van der Waals surface area contributed by atoms with Gasteiger partial charge in [-0.15, -0.1) is 0 Å². The molecule has 0 aliphatic rings. The molecule has 0 fully saturated rings. The topological polar surface area (TPSA) is 68.8 Å². The number of nitrogens with zero attached hydrogens (tertiary/aromatic N) is 3. The van der Waals surface area contributed by atoms with E-state index in [9.17, 15) is 0 Å². The molecule has 96 valence electrons. The number of pyridine rings is 1. The fraction of sp³-hybridized carbons (Fsp3) is 0.143. The van der Waals surface area contributed by atoms with Crippen molar-refractivity contribution >= 4 is 22.5 Å². The number of imidazole rings is 1. The van der Waals surface area contributed by atoms with Crippen LogP contribution in [-0.4, -0.2) is 14.5 Å². The highest BCUT2D eigenvalue weighted by atomic mass is 15.1. The zero-order valence-corrected chi connectivity index (χ0v) is 10.7. The summed E-state index contributed by atoms with van der Waals surface area (Å²) in [6, 6.07) is 9.93. The molecule has 0 saturated heterocycles. The zero-order chi connectivity index (χ0) is 13.2. The SMILES string of the molecule is Cn1cnc2c(Nc3cccc(CN)c3)nccc21. The van der Waals surface area contributed by atoms with E-state index in [-0.39, 0.29) is 0 Å². The molecule has 0 spiro atoms. The van der Waals surface area contributed by atoms with Gasteiger partial charge in [0.05, 0.1) is 11.8 Å². The van der Waals surface area contributed by atoms with Crippen molar-refractivity contribution < 1.29 is 0 Å². The van der Waals surface area contributed by atoms with Crippen molar-refractivity contribution in [1.29, 1.82) is 0 Å². The van der Waals surface area contributed by atoms with E-state index in [1.165, 1.54) is 0 Å². The van der Waals surface area contributed by atoms with Crippen molar-refractivity contribution in [2.45, 2.75) is 6.54 Å². The molecule has 5 heteroatoms. The second-order valence-corrected chi connectivity index (χ2v) is 4.41. The molecule has 2 aromatic heterocycles. The molecule has 0 saturated carbocycles. The first kappa shape index (κ1) is 11.7. The van der Waals surface area contributed by atoms with Gasteiger partial charge in [-0.1, -0.05) is 12.1 Å². The Kier molecular flexibility index (Phi) is 2.89. The first-order valence-corrected chi connectivity index (χ1v) is 6.10. The lowest BCUT2D eigenvalue weighted by Gasteiger charge is -2.07. The quantitative estimate of drug-likeness (QED) is 0.750. The molecular formula is C14H15N5. The minimum Gasteiger partial charge on any atom is -0.338 e. The fourth-order valence-corrected chi connectivity index (χ4v) is 2.07. The molecule has 0 unspecified atom stereocenters. The lowest BCUT2D eigenvalue weighted by Crippen LogP contribution is -1.99. The third kappa shape index (κ3) is 2.15. The first-order chi connectivity index (χ1) is 9.28. The van der Waals surface area contributed by atoms with Crippen LogP contribution in [0.2, 0.25) is 0 Å². The number of fused-ring (bicyclic) bond motifs is 1. The summed E-state index contributed by atoms with van der Waals surface area (Å²) in [5, 5.41) is 3.29. The van der Waals surface area contributed by atoms with E-state index < -0.39 is 0 Å². The molecule has 3 N–H and O–H groups in total. The normalized spacial score (nSPS) is 10.8. The molecular weight excluding hydrogens is 238 g/mol. The summed E-state index contributed by atoms with van der Waals surface area (Å²) in [6.45, 7) is 0.525. The van der Waals surface area contributed by atoms with Crippen molar-refractivity contribution in [3.8, 4) is 0 Å². The minimum atomic E-state index is 0.525. The standard InChI is InChI=1S/C14H15N5/c1-19-9-17-13-12(19)5-6-16-14(13)18-11-4-2-3-10(7-11)8-15/h2-7,9H,8,15H2,1H3,(H,16,18). The lowest BCUT2D eigenvalue weighted by atomic mass is 10.2. The van der Waals surface area contributed by atoms with E-state index in [1.54, 1.807) is 12.5 Å². The van der Waals surface area contributed by atoms with E-state index in [2.05, 4.69) is 15.3 Å². The summed E-state index contributed by atoms with van der Waals surface area (Å²) in [5.74, 6) is 0.757. The Balaban J connectivity index is 2.00. The van der Waals surface area contributed by atoms with Crippen LogP contribution < -0.4 is 11.1 Å². The van der Waals surface area contributed by atoms with Gasteiger partial charge in [-0.3, -0.25) is 0 Å². The monoisotopic (exact) mass is 253 g/mol. The smallest absolute Gasteiger partial charge is 0.158 e. The Morgan fingerprint density at radius 1 is 1.26 bits per heavy atom. The van der Waals surface area contributed by atoms with Crippen LogP contribution in [0.3, 0.4) is 0 Å². The summed E-state index contributed by atoms with van der Waals surface area (Å²) in [6.07, 6.45) is 3.56. The number of aromatic nitrogens is 3. The largest absolute Gasteiger partial charge is 0.338 e. The molecule has 0 bridgehead atoms. The molecule has 0 aliphatic heterocycles. The van der Waals surface area contributed by atoms with Crippen molar-refractivity contribution in [1.82, 2.24) is 14.5 Å². The molecule has 0 aliphatic carbocycles. The van der Waals surface area contributed by atoms with Gasteiger partial charge in [0.2, 0.25) is 0 Å². The average Bonchev–Trinajstić information content (AvgIpc) is 2.82. The molecule has 1 aromatic carbocycles. The number of nitrogens with one attached hydrogen (secondary N) is 1. The van der Waals surface area contributed by atoms with Crippen molar-refractivity contribution in [2.75, 3.05) is 5.32 Å². The minimum absolute atomic E-state index is 0.525. The van der Waals surface area contributed by atoms with Gasteiger partial charge < -0.3 is 15.6 Å². The highest BCUT2D eigenvalue weighted by Gasteiger charge is 2.07. The molecule has 3 aromatic rings. The molecule has 5 nitrogen and oxygen atoms in total. The second-order valence-electron chi connectivity index (χ2n) is 4.41. The number of aryl methyl sites for hydroxylation is 1. The van der Waals surface area contributed by atoms with E-state index >= 15 is 0 Å². The fourth-order valence-electron chi connectivity index (χ4n) is 2.07. The van der Waals surface area contributed by atoms with Gasteiger partial charge in [-0.25, -0.2) is 9.97 Å². The first-order valence-electron chi connectivity index (χ1n) is 6.10. The molecule has 0 amide bonds. The van der Waals surface area contributed by atoms with Crippen molar-refractivity contribution in [3.05, 3.63) is 48.4 Å². The third-order valence-electron chi connectivity index (χ3n) is 3.07. The van der Waals surface area contributed by atoms with Crippen molar-refractivity contribution in [2.24, 2.45) is 12.8 Å². The zero-order valence-electron chi connectivity index (χ0n) is 10.7. The highest BCUT2D eigenvalue weighted by Crippen LogP contribution is 2.22. The molecule has 19 heavy (non-hydrogen) atoms. The molecule has 3 rings (SSSR count). The van der Waals surface area contributed by atoms with Crippen molar-refractivity contribution in [3.63, 3.8) is 0 Å². The maximum Gasteiger partial charge on any atom is 0.158 e. The van der Waals surface area contributed by atoms with Gasteiger partial charge in [0.25, 0.3) is 0 Å². The van der Waals surface area contributed by atoms with Gasteiger partial charge in [-0.2, -0.15) is 0 Å². The number of benzene rings is 1. The Bertz CT molecular complexity index is 717. The van der Waals surface area contributed by atoms with Crippen LogP contribution in [0.25, 0.3) is 11.0 Å². The van der Waals surface area contributed by atoms with Crippen LogP contribution >= 0.6 is 0 Å². The average molecular weight is 253 g/mol. The van der Waals surface area contributed by atoms with Gasteiger partial charge in [0.1, 0.15) is 5.52 Å². The van der Waals surface area contributed by atoms with E-state index in [4.69, 9.17) is 5.73 Å². The highest BCUT2D eigenvalue weighted by molar-refractivity contribution is 5.87. The van der Waals surface area contributed by atoms with Gasteiger partial charge in [0.15, 0.2) is 5.82 Å². The van der Waals surface area contributed by atoms with Gasteiger partial charge in [-0.05, 0) is 23.8 Å². The molecule has 2 heterocycles. The lowest BCUT2D eigenvalue weighted by molar-refractivity contribution is 0.947. The van der Waals surface area contributed by atoms with E-state index in [1.807, 2.05) is 41.9 Å². The summed E-state index contributed by atoms with van der Waals surface area (Å²) in [5.41, 5.74) is 9.61. The predicted molar refractivity (Wildman–Crippen MR) is 76.1 cm³/mol. The maximum absolute atomic E-state index is 5.65. The Morgan fingerprint density at radius 3 is 3.00 bits per heavy atom. The van der Waals surface area contributed by atoms with Crippen LogP contribution in [0.1, 0.15) is 5.56 Å². The number of hydrogen-bond acceptors (Lipinski definition) is 4. The summed E-state index contributed by atoms with van der Waals surface area (Å²) < 4.78 is 1.97. The summed E-state index contributed by atoms with van der Waals surface area (Å²) in [4.78, 5) is 8.72. The molecule has 0 radical (unpaired) electrons. The van der Waals surface area contributed by atoms with Gasteiger partial charge >= 0.3 is 0 Å². The van der Waals surface area contributed by atoms with Crippen LogP contribution in [0.4, 0.5) is 11.5 Å². The third-order valence-corrected chi connectivity index (χ3v) is 3.07. The summed E-state index contributed by atoms with van der Waals surface area (Å²) in [7, 11) is 1.97. The number of anilines is 2. The van der Waals surface area contributed by atoms with E-state index in [0.717, 1.165) is 28.1 Å². The van der Waals surface area contributed by atoms with Gasteiger partial charge in [0, 0.05) is 25.5 Å². The Morgan fingerprint density at radius 2 is 2.16 bits per heavy atom. The number of hydrogen-bond donors (Lipinski definition) is 2. The predicted octanol–water partition coefficient (Wildman–Crippen LogP) is 2.17. The van der Waals surface area contributed by atoms with Crippen LogP contribution in [0.15, 0.2) is 42.9 Å². The second kappa shape index (κ2) is 4.70. The van der Waals surface area contributed by atoms with Crippen LogP contribution in [-0.2, 0) is 13.6 Å².